The zero-order valence-corrected chi connectivity index (χ0v) is 13.0. The summed E-state index contributed by atoms with van der Waals surface area (Å²) in [5, 5.41) is 14.4. The van der Waals surface area contributed by atoms with Gasteiger partial charge in [-0.15, -0.1) is 11.3 Å². The highest BCUT2D eigenvalue weighted by atomic mass is 32.1. The van der Waals surface area contributed by atoms with Gasteiger partial charge in [0, 0.05) is 30.6 Å². The number of nitrogens with zero attached hydrogens (tertiary/aromatic N) is 1. The molecular formula is C14H26N2OS. The van der Waals surface area contributed by atoms with Crippen molar-refractivity contribution in [1.82, 2.24) is 10.3 Å². The first kappa shape index (κ1) is 15.6. The van der Waals surface area contributed by atoms with Gasteiger partial charge in [0.25, 0.3) is 0 Å². The van der Waals surface area contributed by atoms with Crippen LogP contribution in [0.5, 0.6) is 0 Å². The molecule has 0 saturated heterocycles. The Morgan fingerprint density at radius 2 is 2.06 bits per heavy atom. The van der Waals surface area contributed by atoms with Crippen LogP contribution in [0.3, 0.4) is 0 Å². The average molecular weight is 270 g/mol. The molecule has 2 N–H and O–H groups in total. The van der Waals surface area contributed by atoms with E-state index >= 15 is 0 Å². The molecule has 0 saturated carbocycles. The van der Waals surface area contributed by atoms with Crippen LogP contribution in [0.2, 0.25) is 0 Å². The van der Waals surface area contributed by atoms with Gasteiger partial charge in [-0.05, 0) is 11.3 Å². The van der Waals surface area contributed by atoms with Gasteiger partial charge in [-0.3, -0.25) is 0 Å². The number of rotatable bonds is 6. The summed E-state index contributed by atoms with van der Waals surface area (Å²) in [5.41, 5.74) is -0.0660. The molecule has 1 heterocycles. The normalized spacial score (nSPS) is 14.2. The van der Waals surface area contributed by atoms with E-state index in [2.05, 4.69) is 24.1 Å². The molecule has 0 fully saturated rings. The van der Waals surface area contributed by atoms with Gasteiger partial charge in [-0.1, -0.05) is 34.6 Å². The third kappa shape index (κ3) is 5.46. The summed E-state index contributed by atoms with van der Waals surface area (Å²) in [6.07, 6.45) is 2.68. The Morgan fingerprint density at radius 3 is 2.61 bits per heavy atom. The lowest BCUT2D eigenvalue weighted by Gasteiger charge is -2.25. The highest BCUT2D eigenvalue weighted by Crippen LogP contribution is 2.19. The molecule has 1 unspecified atom stereocenters. The summed E-state index contributed by atoms with van der Waals surface area (Å²) in [6.45, 7) is 12.0. The van der Waals surface area contributed by atoms with Gasteiger partial charge in [0.2, 0.25) is 0 Å². The minimum Gasteiger partial charge on any atom is -0.391 e. The minimum atomic E-state index is -0.319. The molecule has 0 spiro atoms. The quantitative estimate of drug-likeness (QED) is 0.835. The van der Waals surface area contributed by atoms with E-state index in [1.54, 1.807) is 11.3 Å². The first-order valence-corrected chi connectivity index (χ1v) is 7.43. The van der Waals surface area contributed by atoms with Crippen LogP contribution >= 0.6 is 11.3 Å². The third-order valence-corrected chi connectivity index (χ3v) is 3.84. The smallest absolute Gasteiger partial charge is 0.0930 e. The lowest BCUT2D eigenvalue weighted by Crippen LogP contribution is -2.36. The minimum absolute atomic E-state index is 0.0660. The van der Waals surface area contributed by atoms with E-state index in [1.165, 1.54) is 9.88 Å². The standard InChI is InChI=1S/C14H26N2OS/c1-10(2)6-13-16-8-11(18-13)7-15-9-12(17)14(3,4)5/h8,10,12,15,17H,6-7,9H2,1-5H3. The van der Waals surface area contributed by atoms with Crippen molar-refractivity contribution in [2.75, 3.05) is 6.54 Å². The molecule has 1 aromatic rings. The van der Waals surface area contributed by atoms with Crippen LogP contribution in [0, 0.1) is 11.3 Å². The average Bonchev–Trinajstić information content (AvgIpc) is 2.63. The summed E-state index contributed by atoms with van der Waals surface area (Å²) in [7, 11) is 0. The fourth-order valence-corrected chi connectivity index (χ4v) is 2.62. The molecule has 1 aromatic heterocycles. The van der Waals surface area contributed by atoms with E-state index in [0.29, 0.717) is 12.5 Å². The molecule has 0 aliphatic heterocycles. The van der Waals surface area contributed by atoms with Gasteiger partial charge in [-0.2, -0.15) is 0 Å². The maximum Gasteiger partial charge on any atom is 0.0930 e. The van der Waals surface area contributed by atoms with Crippen molar-refractivity contribution in [2.24, 2.45) is 11.3 Å². The number of aliphatic hydroxyl groups is 1. The second-order valence-electron chi connectivity index (χ2n) is 6.33. The first-order valence-electron chi connectivity index (χ1n) is 6.61. The molecule has 104 valence electrons. The van der Waals surface area contributed by atoms with Crippen LogP contribution in [0.25, 0.3) is 0 Å². The molecule has 0 amide bonds. The van der Waals surface area contributed by atoms with Gasteiger partial charge in [0.1, 0.15) is 0 Å². The van der Waals surface area contributed by atoms with Crippen molar-refractivity contribution in [3.05, 3.63) is 16.1 Å². The predicted molar refractivity (Wildman–Crippen MR) is 77.8 cm³/mol. The Morgan fingerprint density at radius 1 is 1.39 bits per heavy atom. The van der Waals surface area contributed by atoms with Gasteiger partial charge in [-0.25, -0.2) is 4.98 Å². The SMILES string of the molecule is CC(C)Cc1ncc(CNCC(O)C(C)(C)C)s1. The number of thiazole rings is 1. The van der Waals surface area contributed by atoms with Crippen LogP contribution < -0.4 is 5.32 Å². The lowest BCUT2D eigenvalue weighted by molar-refractivity contribution is 0.0628. The molecule has 0 radical (unpaired) electrons. The lowest BCUT2D eigenvalue weighted by atomic mass is 9.89. The summed E-state index contributed by atoms with van der Waals surface area (Å²) in [4.78, 5) is 5.66. The topological polar surface area (TPSA) is 45.2 Å². The number of aliphatic hydroxyl groups excluding tert-OH is 1. The molecular weight excluding hydrogens is 244 g/mol. The Kier molecular flexibility index (Phi) is 5.76. The predicted octanol–water partition coefficient (Wildman–Crippen LogP) is 2.84. The van der Waals surface area contributed by atoms with Crippen LogP contribution in [0.15, 0.2) is 6.20 Å². The Balaban J connectivity index is 2.34. The highest BCUT2D eigenvalue weighted by Gasteiger charge is 2.21. The van der Waals surface area contributed by atoms with E-state index in [1.807, 2.05) is 27.0 Å². The number of hydrogen-bond donors (Lipinski definition) is 2. The third-order valence-electron chi connectivity index (χ3n) is 2.82. The maximum absolute atomic E-state index is 9.91. The van der Waals surface area contributed by atoms with Crippen molar-refractivity contribution in [2.45, 2.75) is 53.7 Å². The summed E-state index contributed by atoms with van der Waals surface area (Å²) in [6, 6.07) is 0. The van der Waals surface area contributed by atoms with Crippen molar-refractivity contribution >= 4 is 11.3 Å². The fourth-order valence-electron chi connectivity index (χ4n) is 1.51. The van der Waals surface area contributed by atoms with Crippen LogP contribution in [0.4, 0.5) is 0 Å². The summed E-state index contributed by atoms with van der Waals surface area (Å²) in [5.74, 6) is 0.652. The van der Waals surface area contributed by atoms with E-state index in [-0.39, 0.29) is 11.5 Å². The molecule has 1 rings (SSSR count). The largest absolute Gasteiger partial charge is 0.391 e. The van der Waals surface area contributed by atoms with Crippen molar-refractivity contribution in [3.63, 3.8) is 0 Å². The second kappa shape index (κ2) is 6.64. The van der Waals surface area contributed by atoms with Crippen molar-refractivity contribution in [3.8, 4) is 0 Å². The molecule has 0 aliphatic rings. The zero-order chi connectivity index (χ0) is 13.8. The molecule has 4 heteroatoms. The van der Waals surface area contributed by atoms with Crippen LogP contribution in [-0.4, -0.2) is 22.7 Å². The van der Waals surface area contributed by atoms with Gasteiger partial charge >= 0.3 is 0 Å². The maximum atomic E-state index is 9.91. The Hall–Kier alpha value is -0.450. The molecule has 1 atom stereocenters. The van der Waals surface area contributed by atoms with E-state index in [0.717, 1.165) is 13.0 Å². The fraction of sp³-hybridized carbons (Fsp3) is 0.786. The number of aromatic nitrogens is 1. The zero-order valence-electron chi connectivity index (χ0n) is 12.2. The summed E-state index contributed by atoms with van der Waals surface area (Å²) < 4.78 is 0. The number of hydrogen-bond acceptors (Lipinski definition) is 4. The molecule has 3 nitrogen and oxygen atoms in total. The molecule has 0 aliphatic carbocycles. The van der Waals surface area contributed by atoms with Crippen molar-refractivity contribution < 1.29 is 5.11 Å². The van der Waals surface area contributed by atoms with Gasteiger partial charge in [0.15, 0.2) is 0 Å². The highest BCUT2D eigenvalue weighted by molar-refractivity contribution is 7.11. The molecule has 18 heavy (non-hydrogen) atoms. The Labute approximate surface area is 115 Å². The Bertz CT molecular complexity index is 355. The number of nitrogens with one attached hydrogen (secondary N) is 1. The second-order valence-corrected chi connectivity index (χ2v) is 7.53. The van der Waals surface area contributed by atoms with E-state index in [9.17, 15) is 5.11 Å². The first-order chi connectivity index (χ1) is 8.29. The van der Waals surface area contributed by atoms with Crippen LogP contribution in [-0.2, 0) is 13.0 Å². The monoisotopic (exact) mass is 270 g/mol. The summed E-state index contributed by atoms with van der Waals surface area (Å²) >= 11 is 1.77. The molecule has 0 aromatic carbocycles. The van der Waals surface area contributed by atoms with Crippen LogP contribution in [0.1, 0.15) is 44.5 Å². The van der Waals surface area contributed by atoms with E-state index < -0.39 is 0 Å². The van der Waals surface area contributed by atoms with Crippen molar-refractivity contribution in [1.29, 1.82) is 0 Å². The molecule has 0 bridgehead atoms. The van der Waals surface area contributed by atoms with E-state index in [4.69, 9.17) is 0 Å². The van der Waals surface area contributed by atoms with Gasteiger partial charge < -0.3 is 10.4 Å². The van der Waals surface area contributed by atoms with Gasteiger partial charge in [0.05, 0.1) is 11.1 Å².